The molecule has 0 aliphatic heterocycles. The van der Waals surface area contributed by atoms with Crippen molar-refractivity contribution in [3.8, 4) is 5.75 Å². The molecule has 4 heteroatoms. The monoisotopic (exact) mass is 286 g/mol. The van der Waals surface area contributed by atoms with Gasteiger partial charge in [-0.2, -0.15) is 0 Å². The molecule has 21 heavy (non-hydrogen) atoms. The van der Waals surface area contributed by atoms with Gasteiger partial charge >= 0.3 is 0 Å². The topological polar surface area (TPSA) is 50.4 Å². The molecule has 2 rings (SSSR count). The number of methoxy groups -OCH3 is 1. The van der Waals surface area contributed by atoms with Crippen LogP contribution in [0.5, 0.6) is 5.75 Å². The second kappa shape index (κ2) is 7.09. The van der Waals surface area contributed by atoms with E-state index in [4.69, 9.17) is 4.74 Å². The molecule has 0 fully saturated rings. The largest absolute Gasteiger partial charge is 0.496 e. The van der Waals surface area contributed by atoms with Crippen molar-refractivity contribution in [2.75, 3.05) is 13.7 Å². The number of carbonyl (C=O) groups is 1. The number of hydrogen-bond acceptors (Lipinski definition) is 3. The highest BCUT2D eigenvalue weighted by Gasteiger charge is 2.09. The average molecular weight is 286 g/mol. The lowest BCUT2D eigenvalue weighted by molar-refractivity contribution is -0.120. The van der Waals surface area contributed by atoms with Crippen LogP contribution in [0.4, 0.5) is 0 Å². The first-order chi connectivity index (χ1) is 10.1. The summed E-state index contributed by atoms with van der Waals surface area (Å²) in [7, 11) is 1.67. The molecule has 0 bridgehead atoms. The van der Waals surface area contributed by atoms with Gasteiger partial charge in [-0.15, -0.1) is 0 Å². The lowest BCUT2D eigenvalue weighted by Gasteiger charge is -2.13. The fourth-order valence-electron chi connectivity index (χ4n) is 2.36. The van der Waals surface area contributed by atoms with Crippen LogP contribution in [0, 0.1) is 0 Å². The van der Waals surface area contributed by atoms with E-state index >= 15 is 0 Å². The second-order valence-corrected chi connectivity index (χ2v) is 5.29. The Bertz CT molecular complexity index is 623. The van der Waals surface area contributed by atoms with Crippen LogP contribution in [-0.2, 0) is 11.3 Å². The van der Waals surface area contributed by atoms with Gasteiger partial charge in [-0.05, 0) is 30.7 Å². The fourth-order valence-corrected chi connectivity index (χ4v) is 2.36. The number of amides is 1. The van der Waals surface area contributed by atoms with Crippen LogP contribution in [0.1, 0.15) is 19.4 Å². The van der Waals surface area contributed by atoms with E-state index in [1.165, 1.54) is 5.39 Å². The molecule has 0 unspecified atom stereocenters. The summed E-state index contributed by atoms with van der Waals surface area (Å²) in [6.07, 6.45) is 0. The first kappa shape index (κ1) is 15.3. The zero-order valence-corrected chi connectivity index (χ0v) is 12.8. The van der Waals surface area contributed by atoms with Crippen molar-refractivity contribution in [3.63, 3.8) is 0 Å². The molecular formula is C17H22N2O2. The minimum atomic E-state index is 0.00389. The van der Waals surface area contributed by atoms with E-state index in [9.17, 15) is 4.79 Å². The lowest BCUT2D eigenvalue weighted by atomic mass is 10.0. The third-order valence-corrected chi connectivity index (χ3v) is 3.25. The standard InChI is InChI=1S/C17H22N2O2/c1-12(2)19-17(20)11-18-10-15-14-7-5-4-6-13(14)8-9-16(15)21-3/h4-9,12,18H,10-11H2,1-3H3,(H,19,20). The van der Waals surface area contributed by atoms with Crippen LogP contribution in [0.3, 0.4) is 0 Å². The summed E-state index contributed by atoms with van der Waals surface area (Å²) >= 11 is 0. The molecule has 0 saturated heterocycles. The Morgan fingerprint density at radius 2 is 1.95 bits per heavy atom. The average Bonchev–Trinajstić information content (AvgIpc) is 2.46. The highest BCUT2D eigenvalue weighted by molar-refractivity contribution is 5.87. The van der Waals surface area contributed by atoms with E-state index in [0.29, 0.717) is 13.1 Å². The molecule has 2 aromatic rings. The Kier molecular flexibility index (Phi) is 5.17. The second-order valence-electron chi connectivity index (χ2n) is 5.29. The van der Waals surface area contributed by atoms with E-state index < -0.39 is 0 Å². The highest BCUT2D eigenvalue weighted by atomic mass is 16.5. The summed E-state index contributed by atoms with van der Waals surface area (Å²) in [5.74, 6) is 0.842. The Morgan fingerprint density at radius 1 is 1.19 bits per heavy atom. The van der Waals surface area contributed by atoms with Gasteiger partial charge in [-0.1, -0.05) is 30.3 Å². The molecular weight excluding hydrogens is 264 g/mol. The molecule has 0 heterocycles. The maximum absolute atomic E-state index is 11.7. The van der Waals surface area contributed by atoms with Crippen molar-refractivity contribution in [1.82, 2.24) is 10.6 Å². The number of rotatable bonds is 6. The van der Waals surface area contributed by atoms with Gasteiger partial charge in [0.2, 0.25) is 5.91 Å². The maximum Gasteiger partial charge on any atom is 0.234 e. The predicted octanol–water partition coefficient (Wildman–Crippen LogP) is 2.46. The van der Waals surface area contributed by atoms with Gasteiger partial charge in [-0.3, -0.25) is 4.79 Å². The van der Waals surface area contributed by atoms with Gasteiger partial charge in [0.1, 0.15) is 5.75 Å². The van der Waals surface area contributed by atoms with Gasteiger partial charge in [0, 0.05) is 18.2 Å². The van der Waals surface area contributed by atoms with Crippen LogP contribution in [0.2, 0.25) is 0 Å². The molecule has 0 spiro atoms. The van der Waals surface area contributed by atoms with E-state index in [2.05, 4.69) is 22.8 Å². The van der Waals surface area contributed by atoms with Gasteiger partial charge in [0.05, 0.1) is 13.7 Å². The van der Waals surface area contributed by atoms with Gasteiger partial charge < -0.3 is 15.4 Å². The summed E-state index contributed by atoms with van der Waals surface area (Å²) < 4.78 is 5.43. The van der Waals surface area contributed by atoms with Crippen LogP contribution < -0.4 is 15.4 Å². The van der Waals surface area contributed by atoms with Crippen LogP contribution in [0.15, 0.2) is 36.4 Å². The molecule has 2 N–H and O–H groups in total. The van der Waals surface area contributed by atoms with Crippen molar-refractivity contribution in [1.29, 1.82) is 0 Å². The Morgan fingerprint density at radius 3 is 2.67 bits per heavy atom. The Labute approximate surface area is 125 Å². The highest BCUT2D eigenvalue weighted by Crippen LogP contribution is 2.27. The number of fused-ring (bicyclic) bond motifs is 1. The van der Waals surface area contributed by atoms with Gasteiger partial charge in [0.15, 0.2) is 0 Å². The van der Waals surface area contributed by atoms with Crippen molar-refractivity contribution < 1.29 is 9.53 Å². The van der Waals surface area contributed by atoms with Crippen molar-refractivity contribution in [2.24, 2.45) is 0 Å². The van der Waals surface area contributed by atoms with Crippen LogP contribution in [0.25, 0.3) is 10.8 Å². The Hall–Kier alpha value is -2.07. The van der Waals surface area contributed by atoms with Crippen LogP contribution in [-0.4, -0.2) is 25.6 Å². The normalized spacial score (nSPS) is 10.9. The third kappa shape index (κ3) is 3.95. The summed E-state index contributed by atoms with van der Waals surface area (Å²) in [6.45, 7) is 4.79. The summed E-state index contributed by atoms with van der Waals surface area (Å²) in [5, 5.41) is 8.36. The molecule has 0 atom stereocenters. The summed E-state index contributed by atoms with van der Waals surface area (Å²) in [5.41, 5.74) is 1.08. The molecule has 0 aromatic heterocycles. The third-order valence-electron chi connectivity index (χ3n) is 3.25. The SMILES string of the molecule is COc1ccc2ccccc2c1CNCC(=O)NC(C)C. The number of carbonyl (C=O) groups excluding carboxylic acids is 1. The molecule has 4 nitrogen and oxygen atoms in total. The molecule has 0 saturated carbocycles. The minimum Gasteiger partial charge on any atom is -0.496 e. The van der Waals surface area contributed by atoms with E-state index in [1.54, 1.807) is 7.11 Å². The smallest absolute Gasteiger partial charge is 0.234 e. The van der Waals surface area contributed by atoms with Gasteiger partial charge in [0.25, 0.3) is 0 Å². The van der Waals surface area contributed by atoms with Gasteiger partial charge in [-0.25, -0.2) is 0 Å². The van der Waals surface area contributed by atoms with Crippen molar-refractivity contribution in [3.05, 3.63) is 42.0 Å². The van der Waals surface area contributed by atoms with Crippen molar-refractivity contribution >= 4 is 16.7 Å². The first-order valence-corrected chi connectivity index (χ1v) is 7.16. The Balaban J connectivity index is 2.12. The zero-order valence-electron chi connectivity index (χ0n) is 12.8. The van der Waals surface area contributed by atoms with E-state index in [-0.39, 0.29) is 11.9 Å². The summed E-state index contributed by atoms with van der Waals surface area (Å²) in [6, 6.07) is 12.3. The van der Waals surface area contributed by atoms with E-state index in [1.807, 2.05) is 38.1 Å². The maximum atomic E-state index is 11.7. The quantitative estimate of drug-likeness (QED) is 0.857. The molecule has 112 valence electrons. The van der Waals surface area contributed by atoms with Crippen molar-refractivity contribution in [2.45, 2.75) is 26.4 Å². The molecule has 0 aliphatic rings. The van der Waals surface area contributed by atoms with E-state index in [0.717, 1.165) is 16.7 Å². The number of nitrogens with one attached hydrogen (secondary N) is 2. The zero-order chi connectivity index (χ0) is 15.2. The molecule has 0 aliphatic carbocycles. The minimum absolute atomic E-state index is 0.00389. The van der Waals surface area contributed by atoms with Crippen LogP contribution >= 0.6 is 0 Å². The lowest BCUT2D eigenvalue weighted by Crippen LogP contribution is -2.37. The number of ether oxygens (including phenoxy) is 1. The number of benzene rings is 2. The molecule has 1 amide bonds. The predicted molar refractivity (Wildman–Crippen MR) is 85.5 cm³/mol. The number of hydrogen-bond donors (Lipinski definition) is 2. The molecule has 2 aromatic carbocycles. The first-order valence-electron chi connectivity index (χ1n) is 7.16. The summed E-state index contributed by atoms with van der Waals surface area (Å²) in [4.78, 5) is 11.7. The fraction of sp³-hybridized carbons (Fsp3) is 0.353. The molecule has 0 radical (unpaired) electrons.